The maximum absolute atomic E-state index is 12.6. The molecule has 0 fully saturated rings. The van der Waals surface area contributed by atoms with E-state index >= 15 is 0 Å². The molecule has 3 aromatic rings. The van der Waals surface area contributed by atoms with Gasteiger partial charge in [-0.05, 0) is 48.9 Å². The number of amides is 1. The SMILES string of the molecule is Cc1ccc(C(=O)Nc2ccc(Cl)c(-c3ccccn3)c2)c(Cl)c1S(=O)(=O)O. The number of halogens is 2. The highest BCUT2D eigenvalue weighted by Gasteiger charge is 2.23. The quantitative estimate of drug-likeness (QED) is 0.568. The fourth-order valence-electron chi connectivity index (χ4n) is 2.66. The lowest BCUT2D eigenvalue weighted by Gasteiger charge is -2.12. The molecular weight excluding hydrogens is 423 g/mol. The molecule has 9 heteroatoms. The van der Waals surface area contributed by atoms with Crippen molar-refractivity contribution in [3.63, 3.8) is 0 Å². The first-order valence-electron chi connectivity index (χ1n) is 7.97. The molecule has 0 bridgehead atoms. The van der Waals surface area contributed by atoms with Crippen molar-refractivity contribution < 1.29 is 17.8 Å². The van der Waals surface area contributed by atoms with Gasteiger partial charge in [-0.1, -0.05) is 35.3 Å². The van der Waals surface area contributed by atoms with Gasteiger partial charge in [0.1, 0.15) is 4.90 Å². The number of rotatable bonds is 4. The molecule has 0 aliphatic heterocycles. The van der Waals surface area contributed by atoms with E-state index in [1.807, 2.05) is 6.07 Å². The highest BCUT2D eigenvalue weighted by Crippen LogP contribution is 2.31. The lowest BCUT2D eigenvalue weighted by molar-refractivity contribution is 0.102. The summed E-state index contributed by atoms with van der Waals surface area (Å²) in [5.74, 6) is -0.635. The predicted octanol–water partition coefficient (Wildman–Crippen LogP) is 4.86. The molecule has 0 aliphatic carbocycles. The van der Waals surface area contributed by atoms with Crippen molar-refractivity contribution in [2.45, 2.75) is 11.8 Å². The topological polar surface area (TPSA) is 96.4 Å². The number of nitrogens with zero attached hydrogens (tertiary/aromatic N) is 1. The molecule has 0 atom stereocenters. The van der Waals surface area contributed by atoms with Crippen molar-refractivity contribution in [2.24, 2.45) is 0 Å². The summed E-state index contributed by atoms with van der Waals surface area (Å²) in [6.45, 7) is 1.47. The molecule has 0 saturated carbocycles. The minimum absolute atomic E-state index is 0.0887. The van der Waals surface area contributed by atoms with Gasteiger partial charge in [0.2, 0.25) is 0 Å². The minimum atomic E-state index is -4.58. The van der Waals surface area contributed by atoms with Gasteiger partial charge >= 0.3 is 0 Å². The number of benzene rings is 2. The first-order chi connectivity index (χ1) is 13.2. The summed E-state index contributed by atoms with van der Waals surface area (Å²) in [5.41, 5.74) is 1.81. The van der Waals surface area contributed by atoms with E-state index in [0.717, 1.165) is 0 Å². The van der Waals surface area contributed by atoms with Crippen LogP contribution in [-0.4, -0.2) is 23.9 Å². The summed E-state index contributed by atoms with van der Waals surface area (Å²) in [5, 5.41) is 2.76. The van der Waals surface area contributed by atoms with Crippen molar-refractivity contribution >= 4 is 44.9 Å². The zero-order valence-corrected chi connectivity index (χ0v) is 16.8. The Labute approximate surface area is 171 Å². The Balaban J connectivity index is 1.97. The van der Waals surface area contributed by atoms with Crippen LogP contribution in [0.25, 0.3) is 11.3 Å². The molecule has 2 N–H and O–H groups in total. The lowest BCUT2D eigenvalue weighted by atomic mass is 10.1. The summed E-state index contributed by atoms with van der Waals surface area (Å²) in [7, 11) is -4.58. The lowest BCUT2D eigenvalue weighted by Crippen LogP contribution is -2.14. The zero-order valence-electron chi connectivity index (χ0n) is 14.5. The van der Waals surface area contributed by atoms with Crippen LogP contribution in [0.3, 0.4) is 0 Å². The van der Waals surface area contributed by atoms with Crippen molar-refractivity contribution in [1.82, 2.24) is 4.98 Å². The van der Waals surface area contributed by atoms with E-state index in [2.05, 4.69) is 10.3 Å². The van der Waals surface area contributed by atoms with Gasteiger partial charge in [0.15, 0.2) is 0 Å². The third kappa shape index (κ3) is 4.18. The van der Waals surface area contributed by atoms with Gasteiger partial charge in [-0.3, -0.25) is 14.3 Å². The van der Waals surface area contributed by atoms with Crippen LogP contribution in [0.15, 0.2) is 59.6 Å². The number of aryl methyl sites for hydroxylation is 1. The third-order valence-electron chi connectivity index (χ3n) is 3.96. The second-order valence-corrected chi connectivity index (χ2v) is 8.06. The standard InChI is InChI=1S/C19H14Cl2N2O4S/c1-11-5-7-13(17(21)18(11)28(25,26)27)19(24)23-12-6-8-15(20)14(10-12)16-4-2-3-9-22-16/h2-10H,1H3,(H,23,24)(H,25,26,27). The van der Waals surface area contributed by atoms with E-state index in [0.29, 0.717) is 22.0 Å². The average molecular weight is 437 g/mol. The van der Waals surface area contributed by atoms with E-state index < -0.39 is 20.9 Å². The Kier molecular flexibility index (Phi) is 5.71. The van der Waals surface area contributed by atoms with Crippen LogP contribution in [0.2, 0.25) is 10.0 Å². The van der Waals surface area contributed by atoms with Crippen LogP contribution in [0.1, 0.15) is 15.9 Å². The van der Waals surface area contributed by atoms with Gasteiger partial charge in [0.05, 0.1) is 21.3 Å². The van der Waals surface area contributed by atoms with Crippen LogP contribution in [0.4, 0.5) is 5.69 Å². The second kappa shape index (κ2) is 7.89. The Morgan fingerprint density at radius 1 is 1.11 bits per heavy atom. The number of pyridine rings is 1. The number of carbonyl (C=O) groups excluding carboxylic acids is 1. The van der Waals surface area contributed by atoms with Crippen LogP contribution >= 0.6 is 23.2 Å². The van der Waals surface area contributed by atoms with Crippen LogP contribution < -0.4 is 5.32 Å². The molecular formula is C19H14Cl2N2O4S. The summed E-state index contributed by atoms with van der Waals surface area (Å²) < 4.78 is 32.5. The smallest absolute Gasteiger partial charge is 0.296 e. The Bertz CT molecular complexity index is 1170. The highest BCUT2D eigenvalue weighted by molar-refractivity contribution is 7.86. The number of anilines is 1. The molecule has 3 rings (SSSR count). The van der Waals surface area contributed by atoms with E-state index in [4.69, 9.17) is 23.2 Å². The first kappa shape index (κ1) is 20.3. The molecule has 0 saturated heterocycles. The molecule has 0 radical (unpaired) electrons. The largest absolute Gasteiger partial charge is 0.322 e. The molecule has 2 aromatic carbocycles. The van der Waals surface area contributed by atoms with Crippen LogP contribution in [0, 0.1) is 6.92 Å². The summed E-state index contributed by atoms with van der Waals surface area (Å²) >= 11 is 12.3. The van der Waals surface area contributed by atoms with Gasteiger partial charge in [0.25, 0.3) is 16.0 Å². The fourth-order valence-corrected chi connectivity index (χ4v) is 4.28. The van der Waals surface area contributed by atoms with Crippen LogP contribution in [0.5, 0.6) is 0 Å². The minimum Gasteiger partial charge on any atom is -0.322 e. The second-order valence-electron chi connectivity index (χ2n) is 5.91. The molecule has 6 nitrogen and oxygen atoms in total. The van der Waals surface area contributed by atoms with Crippen molar-refractivity contribution in [2.75, 3.05) is 5.32 Å². The number of carbonyl (C=O) groups is 1. The molecule has 28 heavy (non-hydrogen) atoms. The zero-order chi connectivity index (χ0) is 20.5. The van der Waals surface area contributed by atoms with Gasteiger partial charge in [-0.15, -0.1) is 0 Å². The van der Waals surface area contributed by atoms with E-state index in [-0.39, 0.29) is 16.1 Å². The van der Waals surface area contributed by atoms with Gasteiger partial charge in [-0.25, -0.2) is 0 Å². The highest BCUT2D eigenvalue weighted by atomic mass is 35.5. The molecule has 1 heterocycles. The Morgan fingerprint density at radius 2 is 1.86 bits per heavy atom. The number of nitrogens with one attached hydrogen (secondary N) is 1. The summed E-state index contributed by atoms with van der Waals surface area (Å²) in [6.07, 6.45) is 1.62. The molecule has 0 spiro atoms. The predicted molar refractivity (Wildman–Crippen MR) is 109 cm³/mol. The average Bonchev–Trinajstić information content (AvgIpc) is 2.63. The van der Waals surface area contributed by atoms with Crippen LogP contribution in [-0.2, 0) is 10.1 Å². The van der Waals surface area contributed by atoms with Gasteiger partial charge in [0, 0.05) is 17.4 Å². The van der Waals surface area contributed by atoms with Gasteiger partial charge < -0.3 is 5.32 Å². The maximum Gasteiger partial charge on any atom is 0.296 e. The van der Waals surface area contributed by atoms with Crippen molar-refractivity contribution in [3.8, 4) is 11.3 Å². The molecule has 0 unspecified atom stereocenters. The molecule has 1 aromatic heterocycles. The number of aromatic nitrogens is 1. The number of hydrogen-bond acceptors (Lipinski definition) is 4. The fraction of sp³-hybridized carbons (Fsp3) is 0.0526. The number of hydrogen-bond donors (Lipinski definition) is 2. The molecule has 1 amide bonds. The van der Waals surface area contributed by atoms with E-state index in [1.165, 1.54) is 19.1 Å². The maximum atomic E-state index is 12.6. The first-order valence-corrected chi connectivity index (χ1v) is 10.2. The van der Waals surface area contributed by atoms with E-state index in [1.54, 1.807) is 36.5 Å². The monoisotopic (exact) mass is 436 g/mol. The Hall–Kier alpha value is -2.45. The normalized spacial score (nSPS) is 11.3. The Morgan fingerprint density at radius 3 is 2.50 bits per heavy atom. The third-order valence-corrected chi connectivity index (χ3v) is 5.84. The van der Waals surface area contributed by atoms with Crippen molar-refractivity contribution in [3.05, 3.63) is 75.9 Å². The summed E-state index contributed by atoms with van der Waals surface area (Å²) in [4.78, 5) is 16.4. The van der Waals surface area contributed by atoms with Crippen molar-refractivity contribution in [1.29, 1.82) is 0 Å². The van der Waals surface area contributed by atoms with Gasteiger partial charge in [-0.2, -0.15) is 8.42 Å². The van der Waals surface area contributed by atoms with E-state index in [9.17, 15) is 17.8 Å². The molecule has 0 aliphatic rings. The molecule has 144 valence electrons. The summed E-state index contributed by atoms with van der Waals surface area (Å²) in [6, 6.07) is 13.0.